The molecule has 0 heterocycles. The second-order valence-corrected chi connectivity index (χ2v) is 9.15. The molecule has 0 radical (unpaired) electrons. The molecule has 0 amide bonds. The Bertz CT molecular complexity index is 218. The molecule has 0 aromatic carbocycles. The van der Waals surface area contributed by atoms with Crippen molar-refractivity contribution in [2.75, 3.05) is 0 Å². The number of hydrogen-bond acceptors (Lipinski definition) is 1. The van der Waals surface area contributed by atoms with Gasteiger partial charge in [0.15, 0.2) is 5.78 Å². The van der Waals surface area contributed by atoms with Gasteiger partial charge in [-0.1, -0.05) is 44.6 Å². The maximum atomic E-state index is 11.2. The SMILES string of the molecule is CC[Si](/C=C1/CCC1=O)(CC)CC. The molecule has 1 rings (SSSR count). The van der Waals surface area contributed by atoms with E-state index in [2.05, 4.69) is 26.5 Å². The Morgan fingerprint density at radius 3 is 1.92 bits per heavy atom. The molecule has 0 aromatic rings. The first-order chi connectivity index (χ1) is 6.17. The van der Waals surface area contributed by atoms with E-state index in [1.807, 2.05) is 0 Å². The van der Waals surface area contributed by atoms with Gasteiger partial charge in [0.25, 0.3) is 0 Å². The Labute approximate surface area is 82.2 Å². The van der Waals surface area contributed by atoms with Gasteiger partial charge in [-0.25, -0.2) is 0 Å². The van der Waals surface area contributed by atoms with Crippen molar-refractivity contribution in [3.8, 4) is 0 Å². The van der Waals surface area contributed by atoms with Crippen LogP contribution in [-0.4, -0.2) is 13.9 Å². The lowest BCUT2D eigenvalue weighted by molar-refractivity contribution is -0.118. The van der Waals surface area contributed by atoms with Gasteiger partial charge in [-0.3, -0.25) is 4.79 Å². The Morgan fingerprint density at radius 1 is 1.15 bits per heavy atom. The lowest BCUT2D eigenvalue weighted by Gasteiger charge is -2.27. The monoisotopic (exact) mass is 196 g/mol. The van der Waals surface area contributed by atoms with E-state index in [9.17, 15) is 4.79 Å². The highest BCUT2D eigenvalue weighted by atomic mass is 28.3. The third-order valence-corrected chi connectivity index (χ3v) is 8.76. The second-order valence-electron chi connectivity index (χ2n) is 4.02. The van der Waals surface area contributed by atoms with E-state index in [4.69, 9.17) is 0 Å². The van der Waals surface area contributed by atoms with Crippen molar-refractivity contribution < 1.29 is 4.79 Å². The molecule has 1 saturated carbocycles. The van der Waals surface area contributed by atoms with Crippen molar-refractivity contribution in [3.63, 3.8) is 0 Å². The minimum absolute atomic E-state index is 0.409. The molecule has 1 nitrogen and oxygen atoms in total. The average molecular weight is 196 g/mol. The molecule has 2 heteroatoms. The standard InChI is InChI=1S/C11H20OSi/c1-4-13(5-2,6-3)9-10-7-8-11(10)12/h9H,4-8H2,1-3H3/b10-9-. The molecule has 0 bridgehead atoms. The molecule has 74 valence electrons. The first kappa shape index (κ1) is 10.7. The maximum Gasteiger partial charge on any atom is 0.158 e. The highest BCUT2D eigenvalue weighted by molar-refractivity contribution is 6.84. The summed E-state index contributed by atoms with van der Waals surface area (Å²) in [4.78, 5) is 11.2. The number of rotatable bonds is 4. The molecule has 1 aliphatic rings. The highest BCUT2D eigenvalue weighted by Crippen LogP contribution is 2.29. The molecule has 1 fully saturated rings. The first-order valence-corrected chi connectivity index (χ1v) is 8.12. The summed E-state index contributed by atoms with van der Waals surface area (Å²) in [5.41, 5.74) is 3.54. The summed E-state index contributed by atoms with van der Waals surface area (Å²) >= 11 is 0. The number of carbonyl (C=O) groups is 1. The third kappa shape index (κ3) is 2.10. The third-order valence-electron chi connectivity index (χ3n) is 3.57. The zero-order chi connectivity index (χ0) is 9.90. The zero-order valence-corrected chi connectivity index (χ0v) is 10.0. The summed E-state index contributed by atoms with van der Waals surface area (Å²) in [7, 11) is -1.17. The summed E-state index contributed by atoms with van der Waals surface area (Å²) < 4.78 is 0. The van der Waals surface area contributed by atoms with E-state index in [1.165, 1.54) is 18.1 Å². The number of hydrogen-bond donors (Lipinski definition) is 0. The fraction of sp³-hybridized carbons (Fsp3) is 0.727. The van der Waals surface area contributed by atoms with Crippen LogP contribution < -0.4 is 0 Å². The van der Waals surface area contributed by atoms with E-state index in [1.54, 1.807) is 0 Å². The Hall–Kier alpha value is -0.373. The molecule has 0 saturated heterocycles. The van der Waals surface area contributed by atoms with Crippen molar-refractivity contribution in [2.24, 2.45) is 0 Å². The molecule has 0 aliphatic heterocycles. The summed E-state index contributed by atoms with van der Waals surface area (Å²) in [6.07, 6.45) is 1.85. The molecule has 0 aromatic heterocycles. The lowest BCUT2D eigenvalue weighted by atomic mass is 9.93. The first-order valence-electron chi connectivity index (χ1n) is 5.42. The topological polar surface area (TPSA) is 17.1 Å². The van der Waals surface area contributed by atoms with Crippen molar-refractivity contribution in [1.82, 2.24) is 0 Å². The van der Waals surface area contributed by atoms with Gasteiger partial charge >= 0.3 is 0 Å². The fourth-order valence-electron chi connectivity index (χ4n) is 1.95. The summed E-state index contributed by atoms with van der Waals surface area (Å²) in [6.45, 7) is 6.83. The van der Waals surface area contributed by atoms with Crippen LogP contribution in [0.1, 0.15) is 33.6 Å². The largest absolute Gasteiger partial charge is 0.295 e. The van der Waals surface area contributed by atoms with Crippen molar-refractivity contribution in [3.05, 3.63) is 11.3 Å². The van der Waals surface area contributed by atoms with Gasteiger partial charge in [0.2, 0.25) is 0 Å². The van der Waals surface area contributed by atoms with Gasteiger partial charge in [-0.15, -0.1) is 0 Å². The van der Waals surface area contributed by atoms with Crippen LogP contribution in [0.3, 0.4) is 0 Å². The van der Waals surface area contributed by atoms with Gasteiger partial charge in [0.1, 0.15) is 0 Å². The number of Topliss-reactive ketones (excluding diaryl/α,β-unsaturated/α-hetero) is 1. The van der Waals surface area contributed by atoms with Crippen LogP contribution in [0.2, 0.25) is 18.1 Å². The molecule has 13 heavy (non-hydrogen) atoms. The van der Waals surface area contributed by atoms with E-state index in [-0.39, 0.29) is 0 Å². The molecule has 0 unspecified atom stereocenters. The van der Waals surface area contributed by atoms with Gasteiger partial charge in [-0.05, 0) is 12.0 Å². The molecule has 0 atom stereocenters. The van der Waals surface area contributed by atoms with E-state index >= 15 is 0 Å². The Morgan fingerprint density at radius 2 is 1.69 bits per heavy atom. The predicted molar refractivity (Wildman–Crippen MR) is 59.5 cm³/mol. The minimum atomic E-state index is -1.17. The van der Waals surface area contributed by atoms with Crippen molar-refractivity contribution in [2.45, 2.75) is 51.7 Å². The van der Waals surface area contributed by atoms with Crippen LogP contribution in [0.25, 0.3) is 0 Å². The summed E-state index contributed by atoms with van der Waals surface area (Å²) in [5, 5.41) is 0. The van der Waals surface area contributed by atoms with Crippen molar-refractivity contribution >= 4 is 13.9 Å². The van der Waals surface area contributed by atoms with Gasteiger partial charge in [0.05, 0.1) is 8.07 Å². The smallest absolute Gasteiger partial charge is 0.158 e. The van der Waals surface area contributed by atoms with Gasteiger partial charge in [-0.2, -0.15) is 0 Å². The normalized spacial score (nSPS) is 20.5. The zero-order valence-electron chi connectivity index (χ0n) is 9.02. The number of allylic oxidation sites excluding steroid dienone is 1. The van der Waals surface area contributed by atoms with E-state index in [0.29, 0.717) is 5.78 Å². The number of carbonyl (C=O) groups excluding carboxylic acids is 1. The fourth-order valence-corrected chi connectivity index (χ4v) is 5.11. The van der Waals surface area contributed by atoms with Crippen LogP contribution in [0.15, 0.2) is 11.3 Å². The molecular weight excluding hydrogens is 176 g/mol. The highest BCUT2D eigenvalue weighted by Gasteiger charge is 2.29. The van der Waals surface area contributed by atoms with Crippen LogP contribution >= 0.6 is 0 Å². The van der Waals surface area contributed by atoms with E-state index < -0.39 is 8.07 Å². The van der Waals surface area contributed by atoms with Crippen LogP contribution in [0.4, 0.5) is 0 Å². The molecule has 0 N–H and O–H groups in total. The van der Waals surface area contributed by atoms with Gasteiger partial charge < -0.3 is 0 Å². The average Bonchev–Trinajstić information content (AvgIpc) is 2.18. The van der Waals surface area contributed by atoms with Crippen LogP contribution in [0.5, 0.6) is 0 Å². The van der Waals surface area contributed by atoms with E-state index in [0.717, 1.165) is 18.4 Å². The predicted octanol–water partition coefficient (Wildman–Crippen LogP) is 3.32. The summed E-state index contributed by atoms with van der Waals surface area (Å²) in [6, 6.07) is 3.87. The van der Waals surface area contributed by atoms with Crippen molar-refractivity contribution in [1.29, 1.82) is 0 Å². The quantitative estimate of drug-likeness (QED) is 0.498. The Kier molecular flexibility index (Phi) is 3.48. The minimum Gasteiger partial charge on any atom is -0.295 e. The van der Waals surface area contributed by atoms with Gasteiger partial charge in [0, 0.05) is 6.42 Å². The summed E-state index contributed by atoms with van der Waals surface area (Å²) in [5.74, 6) is 0.409. The maximum absolute atomic E-state index is 11.2. The van der Waals surface area contributed by atoms with Crippen LogP contribution in [0, 0.1) is 0 Å². The Balaban J connectivity index is 2.76. The van der Waals surface area contributed by atoms with Crippen LogP contribution in [-0.2, 0) is 4.79 Å². The second kappa shape index (κ2) is 4.23. The number of ketones is 1. The molecule has 0 spiro atoms. The molecular formula is C11H20OSi. The lowest BCUT2D eigenvalue weighted by Crippen LogP contribution is -2.31. The molecule has 1 aliphatic carbocycles.